The molecule has 1 aliphatic heterocycles. The minimum Gasteiger partial charge on any atom is -0.399 e. The molecule has 3 rings (SSSR count). The first-order valence-corrected chi connectivity index (χ1v) is 9.06. The summed E-state index contributed by atoms with van der Waals surface area (Å²) in [5, 5.41) is 2.94. The average molecular weight is 351 g/mol. The lowest BCUT2D eigenvalue weighted by Gasteiger charge is -2.32. The number of amides is 1. The van der Waals surface area contributed by atoms with Gasteiger partial charge in [-0.05, 0) is 57.3 Å². The van der Waals surface area contributed by atoms with E-state index < -0.39 is 0 Å². The molecule has 1 amide bonds. The van der Waals surface area contributed by atoms with Gasteiger partial charge in [0.05, 0.1) is 11.2 Å². The van der Waals surface area contributed by atoms with Crippen molar-refractivity contribution in [3.05, 3.63) is 60.2 Å². The average Bonchev–Trinajstić information content (AvgIpc) is 2.82. The van der Waals surface area contributed by atoms with Crippen molar-refractivity contribution in [1.29, 1.82) is 0 Å². The van der Waals surface area contributed by atoms with E-state index in [1.807, 2.05) is 82.3 Å². The van der Waals surface area contributed by atoms with Gasteiger partial charge in [-0.15, -0.1) is 0 Å². The molecule has 0 aromatic heterocycles. The molecule has 2 aromatic carbocycles. The molecule has 2 aromatic rings. The molecule has 26 heavy (non-hydrogen) atoms. The van der Waals surface area contributed by atoms with Gasteiger partial charge in [-0.3, -0.25) is 4.79 Å². The van der Waals surface area contributed by atoms with Crippen LogP contribution >= 0.6 is 0 Å². The molecule has 1 fully saturated rings. The van der Waals surface area contributed by atoms with Crippen LogP contribution in [0.3, 0.4) is 0 Å². The zero-order valence-electron chi connectivity index (χ0n) is 15.9. The Kier molecular flexibility index (Phi) is 5.21. The summed E-state index contributed by atoms with van der Waals surface area (Å²) >= 11 is 0. The zero-order chi connectivity index (χ0) is 18.8. The third-order valence-corrected chi connectivity index (χ3v) is 5.20. The molecule has 0 saturated carbocycles. The molecule has 4 nitrogen and oxygen atoms in total. The standard InChI is InChI=1S/C21H26BNO3/c1-20(2)21(3,4)26-22(25-20)17-11-13-18(14-12-17)23-19(24)15-10-16-8-6-5-7-9-16/h5-9,11-14H,10,15H2,1-4H3,(H,23,24). The van der Waals surface area contributed by atoms with Gasteiger partial charge >= 0.3 is 7.12 Å². The molecule has 1 saturated heterocycles. The van der Waals surface area contributed by atoms with Gasteiger partial charge in [0.15, 0.2) is 0 Å². The topological polar surface area (TPSA) is 47.6 Å². The summed E-state index contributed by atoms with van der Waals surface area (Å²) in [5.74, 6) is 0.0113. The minimum absolute atomic E-state index is 0.0113. The Morgan fingerprint density at radius 1 is 0.923 bits per heavy atom. The number of anilines is 1. The van der Waals surface area contributed by atoms with E-state index in [4.69, 9.17) is 9.31 Å². The van der Waals surface area contributed by atoms with Gasteiger partial charge in [-0.2, -0.15) is 0 Å². The largest absolute Gasteiger partial charge is 0.494 e. The summed E-state index contributed by atoms with van der Waals surface area (Å²) in [6.45, 7) is 8.14. The van der Waals surface area contributed by atoms with Crippen molar-refractivity contribution in [2.75, 3.05) is 5.32 Å². The first kappa shape index (κ1) is 18.7. The van der Waals surface area contributed by atoms with Crippen LogP contribution in [-0.2, 0) is 20.5 Å². The van der Waals surface area contributed by atoms with Crippen LogP contribution in [0.25, 0.3) is 0 Å². The van der Waals surface area contributed by atoms with Gasteiger partial charge < -0.3 is 14.6 Å². The van der Waals surface area contributed by atoms with E-state index in [0.29, 0.717) is 6.42 Å². The van der Waals surface area contributed by atoms with E-state index in [0.717, 1.165) is 17.6 Å². The number of rotatable bonds is 5. The highest BCUT2D eigenvalue weighted by molar-refractivity contribution is 6.62. The second kappa shape index (κ2) is 7.26. The van der Waals surface area contributed by atoms with Gasteiger partial charge in [-0.25, -0.2) is 0 Å². The van der Waals surface area contributed by atoms with Crippen LogP contribution in [0.1, 0.15) is 39.7 Å². The van der Waals surface area contributed by atoms with Crippen LogP contribution in [0.2, 0.25) is 0 Å². The maximum Gasteiger partial charge on any atom is 0.494 e. The van der Waals surface area contributed by atoms with Crippen molar-refractivity contribution in [2.24, 2.45) is 0 Å². The minimum atomic E-state index is -0.386. The van der Waals surface area contributed by atoms with Crippen LogP contribution in [0, 0.1) is 0 Å². The molecule has 0 unspecified atom stereocenters. The molecule has 5 heteroatoms. The molecular weight excluding hydrogens is 325 g/mol. The fraction of sp³-hybridized carbons (Fsp3) is 0.381. The summed E-state index contributed by atoms with van der Waals surface area (Å²) in [4.78, 5) is 12.1. The van der Waals surface area contributed by atoms with E-state index in [1.165, 1.54) is 5.56 Å². The highest BCUT2D eigenvalue weighted by Gasteiger charge is 2.51. The molecule has 0 radical (unpaired) electrons. The highest BCUT2D eigenvalue weighted by Crippen LogP contribution is 2.36. The van der Waals surface area contributed by atoms with Crippen LogP contribution < -0.4 is 10.8 Å². The molecule has 1 N–H and O–H groups in total. The Labute approximate surface area is 156 Å². The SMILES string of the molecule is CC1(C)OB(c2ccc(NC(=O)CCc3ccccc3)cc2)OC1(C)C. The second-order valence-corrected chi connectivity index (χ2v) is 7.74. The molecule has 136 valence electrons. The van der Waals surface area contributed by atoms with Crippen LogP contribution in [-0.4, -0.2) is 24.2 Å². The van der Waals surface area contributed by atoms with Gasteiger partial charge in [0.1, 0.15) is 0 Å². The van der Waals surface area contributed by atoms with Crippen molar-refractivity contribution < 1.29 is 14.1 Å². The maximum atomic E-state index is 12.1. The second-order valence-electron chi connectivity index (χ2n) is 7.74. The number of aryl methyl sites for hydroxylation is 1. The fourth-order valence-electron chi connectivity index (χ4n) is 2.83. The predicted molar refractivity (Wildman–Crippen MR) is 106 cm³/mol. The summed E-state index contributed by atoms with van der Waals surface area (Å²) in [7, 11) is -0.386. The number of benzene rings is 2. The van der Waals surface area contributed by atoms with Gasteiger partial charge in [-0.1, -0.05) is 42.5 Å². The number of carbonyl (C=O) groups excluding carboxylic acids is 1. The third-order valence-electron chi connectivity index (χ3n) is 5.20. The number of hydrogen-bond donors (Lipinski definition) is 1. The van der Waals surface area contributed by atoms with Gasteiger partial charge in [0, 0.05) is 12.1 Å². The summed E-state index contributed by atoms with van der Waals surface area (Å²) in [6, 6.07) is 17.7. The Morgan fingerprint density at radius 3 is 2.08 bits per heavy atom. The van der Waals surface area contributed by atoms with Crippen molar-refractivity contribution in [1.82, 2.24) is 0 Å². The third kappa shape index (κ3) is 4.17. The Morgan fingerprint density at radius 2 is 1.50 bits per heavy atom. The maximum absolute atomic E-state index is 12.1. The molecule has 0 spiro atoms. The quantitative estimate of drug-likeness (QED) is 0.838. The van der Waals surface area contributed by atoms with Gasteiger partial charge in [0.2, 0.25) is 5.91 Å². The van der Waals surface area contributed by atoms with E-state index in [1.54, 1.807) is 0 Å². The first-order chi connectivity index (χ1) is 12.3. The molecule has 0 bridgehead atoms. The number of hydrogen-bond acceptors (Lipinski definition) is 3. The fourth-order valence-corrected chi connectivity index (χ4v) is 2.83. The van der Waals surface area contributed by atoms with Crippen LogP contribution in [0.4, 0.5) is 5.69 Å². The number of nitrogens with one attached hydrogen (secondary N) is 1. The van der Waals surface area contributed by atoms with E-state index in [9.17, 15) is 4.79 Å². The Balaban J connectivity index is 1.56. The lowest BCUT2D eigenvalue weighted by atomic mass is 9.79. The molecule has 0 aliphatic carbocycles. The van der Waals surface area contributed by atoms with Crippen LogP contribution in [0.15, 0.2) is 54.6 Å². The zero-order valence-corrected chi connectivity index (χ0v) is 15.9. The molecule has 0 atom stereocenters. The molecule has 1 heterocycles. The summed E-state index contributed by atoms with van der Waals surface area (Å²) in [6.07, 6.45) is 1.20. The van der Waals surface area contributed by atoms with Crippen LogP contribution in [0.5, 0.6) is 0 Å². The lowest BCUT2D eigenvalue weighted by molar-refractivity contribution is -0.116. The highest BCUT2D eigenvalue weighted by atomic mass is 16.7. The number of carbonyl (C=O) groups is 1. The predicted octanol–water partition coefficient (Wildman–Crippen LogP) is 3.56. The molecular formula is C21H26BNO3. The van der Waals surface area contributed by atoms with E-state index >= 15 is 0 Å². The Hall–Kier alpha value is -2.11. The lowest BCUT2D eigenvalue weighted by Crippen LogP contribution is -2.41. The van der Waals surface area contributed by atoms with Gasteiger partial charge in [0.25, 0.3) is 0 Å². The van der Waals surface area contributed by atoms with E-state index in [-0.39, 0.29) is 24.2 Å². The monoisotopic (exact) mass is 351 g/mol. The Bertz CT molecular complexity index is 741. The van der Waals surface area contributed by atoms with Crippen molar-refractivity contribution >= 4 is 24.2 Å². The van der Waals surface area contributed by atoms with Crippen molar-refractivity contribution in [2.45, 2.75) is 51.7 Å². The molecule has 1 aliphatic rings. The smallest absolute Gasteiger partial charge is 0.399 e. The summed E-state index contributed by atoms with van der Waals surface area (Å²) < 4.78 is 12.1. The van der Waals surface area contributed by atoms with Crippen molar-refractivity contribution in [3.8, 4) is 0 Å². The summed E-state index contributed by atoms with van der Waals surface area (Å²) in [5.41, 5.74) is 2.18. The van der Waals surface area contributed by atoms with E-state index in [2.05, 4.69) is 5.32 Å². The normalized spacial score (nSPS) is 17.9. The van der Waals surface area contributed by atoms with Crippen molar-refractivity contribution in [3.63, 3.8) is 0 Å². The first-order valence-electron chi connectivity index (χ1n) is 9.06.